The summed E-state index contributed by atoms with van der Waals surface area (Å²) in [6.07, 6.45) is 0. The van der Waals surface area contributed by atoms with Crippen LogP contribution in [-0.4, -0.2) is 4.57 Å². The van der Waals surface area contributed by atoms with Gasteiger partial charge in [-0.15, -0.1) is 0 Å². The van der Waals surface area contributed by atoms with Crippen LogP contribution in [-0.2, 0) is 5.41 Å². The summed E-state index contributed by atoms with van der Waals surface area (Å²) in [5, 5.41) is 4.71. The lowest BCUT2D eigenvalue weighted by Gasteiger charge is -2.33. The highest BCUT2D eigenvalue weighted by Gasteiger charge is 2.42. The minimum Gasteiger partial charge on any atom is -0.456 e. The molecule has 9 aromatic rings. The average Bonchev–Trinajstić information content (AvgIpc) is 3.75. The molecule has 1 aliphatic rings. The zero-order valence-corrected chi connectivity index (χ0v) is 27.7. The van der Waals surface area contributed by atoms with Gasteiger partial charge in [-0.25, -0.2) is 0 Å². The fourth-order valence-electron chi connectivity index (χ4n) is 8.50. The van der Waals surface area contributed by atoms with Gasteiger partial charge in [-0.1, -0.05) is 116 Å². The Bertz CT molecular complexity index is 2750. The van der Waals surface area contributed by atoms with Gasteiger partial charge in [0, 0.05) is 38.5 Å². The van der Waals surface area contributed by atoms with Crippen molar-refractivity contribution < 1.29 is 4.42 Å². The third kappa shape index (κ3) is 3.90. The fraction of sp³-hybridized carbons (Fsp3) is 0.0870. The van der Waals surface area contributed by atoms with E-state index < -0.39 is 0 Å². The van der Waals surface area contributed by atoms with Gasteiger partial charge in [-0.3, -0.25) is 0 Å². The smallest absolute Gasteiger partial charge is 0.137 e. The molecule has 0 atom stereocenters. The molecular weight excluding hydrogens is 597 g/mol. The predicted octanol–water partition coefficient (Wildman–Crippen LogP) is 12.8. The molecule has 234 valence electrons. The molecule has 0 fully saturated rings. The Hall–Kier alpha value is -6.06. The Morgan fingerprint density at radius 2 is 1.29 bits per heavy atom. The van der Waals surface area contributed by atoms with Crippen LogP contribution in [0, 0.1) is 6.92 Å². The number of para-hydroxylation sites is 4. The summed E-state index contributed by atoms with van der Waals surface area (Å²) in [4.78, 5) is 2.48. The molecule has 0 saturated carbocycles. The van der Waals surface area contributed by atoms with E-state index >= 15 is 0 Å². The highest BCUT2D eigenvalue weighted by molar-refractivity contribution is 6.19. The van der Waals surface area contributed by atoms with Crippen LogP contribution < -0.4 is 4.90 Å². The largest absolute Gasteiger partial charge is 0.456 e. The molecule has 7 aromatic carbocycles. The molecule has 10 rings (SSSR count). The molecule has 3 nitrogen and oxygen atoms in total. The first kappa shape index (κ1) is 28.0. The Balaban J connectivity index is 1.43. The maximum absolute atomic E-state index is 6.46. The van der Waals surface area contributed by atoms with E-state index in [2.05, 4.69) is 176 Å². The van der Waals surface area contributed by atoms with Crippen LogP contribution in [0.15, 0.2) is 156 Å². The van der Waals surface area contributed by atoms with E-state index in [0.29, 0.717) is 0 Å². The second kappa shape index (κ2) is 10.2. The van der Waals surface area contributed by atoms with Crippen LogP contribution in [0.3, 0.4) is 0 Å². The zero-order valence-electron chi connectivity index (χ0n) is 27.7. The van der Waals surface area contributed by atoms with E-state index in [1.807, 2.05) is 6.07 Å². The lowest BCUT2D eigenvalue weighted by Crippen LogP contribution is -2.21. The van der Waals surface area contributed by atoms with Gasteiger partial charge in [-0.2, -0.15) is 0 Å². The van der Waals surface area contributed by atoms with Crippen molar-refractivity contribution in [2.75, 3.05) is 4.90 Å². The van der Waals surface area contributed by atoms with Gasteiger partial charge in [0.2, 0.25) is 0 Å². The first-order valence-corrected chi connectivity index (χ1v) is 17.0. The number of hydrogen-bond donors (Lipinski definition) is 0. The van der Waals surface area contributed by atoms with E-state index in [1.54, 1.807) is 0 Å². The molecule has 49 heavy (non-hydrogen) atoms. The molecule has 0 unspecified atom stereocenters. The molecule has 0 amide bonds. The van der Waals surface area contributed by atoms with Gasteiger partial charge in [-0.05, 0) is 78.2 Å². The molecule has 2 aromatic heterocycles. The normalized spacial score (nSPS) is 13.4. The number of aromatic nitrogens is 1. The molecule has 0 aliphatic heterocycles. The highest BCUT2D eigenvalue weighted by atomic mass is 16.3. The predicted molar refractivity (Wildman–Crippen MR) is 205 cm³/mol. The third-order valence-corrected chi connectivity index (χ3v) is 10.6. The first-order chi connectivity index (χ1) is 24.0. The number of benzene rings is 7. The van der Waals surface area contributed by atoms with Crippen molar-refractivity contribution in [3.05, 3.63) is 168 Å². The lowest BCUT2D eigenvalue weighted by atomic mass is 9.80. The molecule has 0 saturated heterocycles. The minimum absolute atomic E-state index is 0.279. The van der Waals surface area contributed by atoms with E-state index in [1.165, 1.54) is 55.3 Å². The molecule has 0 N–H and O–H groups in total. The van der Waals surface area contributed by atoms with E-state index in [9.17, 15) is 0 Å². The van der Waals surface area contributed by atoms with Gasteiger partial charge in [0.15, 0.2) is 0 Å². The van der Waals surface area contributed by atoms with E-state index in [4.69, 9.17) is 4.42 Å². The van der Waals surface area contributed by atoms with E-state index in [-0.39, 0.29) is 5.41 Å². The maximum Gasteiger partial charge on any atom is 0.137 e. The summed E-state index contributed by atoms with van der Waals surface area (Å²) in [6.45, 7) is 7.00. The molecule has 3 heteroatoms. The summed E-state index contributed by atoms with van der Waals surface area (Å²) >= 11 is 0. The Morgan fingerprint density at radius 3 is 2.10 bits per heavy atom. The van der Waals surface area contributed by atoms with Gasteiger partial charge >= 0.3 is 0 Å². The fourth-order valence-corrected chi connectivity index (χ4v) is 8.50. The molecular formula is C46H34N2O. The number of fused-ring (bicyclic) bond motifs is 10. The maximum atomic E-state index is 6.46. The van der Waals surface area contributed by atoms with Crippen molar-refractivity contribution >= 4 is 60.8 Å². The van der Waals surface area contributed by atoms with Crippen LogP contribution in [0.1, 0.15) is 30.5 Å². The van der Waals surface area contributed by atoms with Crippen molar-refractivity contribution in [2.45, 2.75) is 26.2 Å². The van der Waals surface area contributed by atoms with Crippen molar-refractivity contribution in [2.24, 2.45) is 0 Å². The Labute approximate surface area is 285 Å². The van der Waals surface area contributed by atoms with Crippen molar-refractivity contribution in [3.8, 4) is 16.8 Å². The molecule has 0 bridgehead atoms. The number of aryl methyl sites for hydroxylation is 1. The minimum atomic E-state index is -0.279. The average molecular weight is 631 g/mol. The quantitative estimate of drug-likeness (QED) is 0.193. The Kier molecular flexibility index (Phi) is 5.84. The van der Waals surface area contributed by atoms with Crippen LogP contribution >= 0.6 is 0 Å². The van der Waals surface area contributed by atoms with Crippen molar-refractivity contribution in [1.82, 2.24) is 4.57 Å². The second-order valence-electron chi connectivity index (χ2n) is 13.8. The SMILES string of the molecule is Cc1ccc2c(c1)-c1c(c(N(c3ccccc3)c3cccc4oc5ccccc5c34)cc3c4ccccc4n(-c4ccccc4)c13)C2(C)C. The number of anilines is 3. The summed E-state index contributed by atoms with van der Waals surface area (Å²) in [6, 6.07) is 54.9. The first-order valence-electron chi connectivity index (χ1n) is 17.0. The van der Waals surface area contributed by atoms with E-state index in [0.717, 1.165) is 39.0 Å². The summed E-state index contributed by atoms with van der Waals surface area (Å²) < 4.78 is 8.95. The molecule has 1 aliphatic carbocycles. The highest BCUT2D eigenvalue weighted by Crippen LogP contribution is 2.58. The molecule has 0 radical (unpaired) electrons. The number of nitrogens with zero attached hydrogens (tertiary/aromatic N) is 2. The lowest BCUT2D eigenvalue weighted by molar-refractivity contribution is 0.661. The van der Waals surface area contributed by atoms with Crippen LogP contribution in [0.4, 0.5) is 17.1 Å². The van der Waals surface area contributed by atoms with Crippen molar-refractivity contribution in [1.29, 1.82) is 0 Å². The molecule has 0 spiro atoms. The number of rotatable bonds is 4. The zero-order chi connectivity index (χ0) is 32.9. The topological polar surface area (TPSA) is 21.3 Å². The van der Waals surface area contributed by atoms with Crippen molar-refractivity contribution in [3.63, 3.8) is 0 Å². The summed E-state index contributed by atoms with van der Waals surface area (Å²) in [5.41, 5.74) is 15.1. The van der Waals surface area contributed by atoms with Crippen LogP contribution in [0.25, 0.3) is 60.6 Å². The Morgan fingerprint density at radius 1 is 0.592 bits per heavy atom. The van der Waals surface area contributed by atoms with Gasteiger partial charge in [0.05, 0.1) is 27.8 Å². The standard InChI is InChI=1S/C46H34N2O/c1-29-25-26-36-35(27-29)43-44(46(36,2)3)39(28-34-32-19-10-12-21-37(32)48(45(34)43)31-17-8-5-9-18-31)47(30-15-6-4-7-16-30)38-22-14-24-41-42(38)33-20-11-13-23-40(33)49-41/h4-28H,1-3H3. The van der Waals surface area contributed by atoms with Gasteiger partial charge in [0.1, 0.15) is 11.2 Å². The van der Waals surface area contributed by atoms with Gasteiger partial charge in [0.25, 0.3) is 0 Å². The third-order valence-electron chi connectivity index (χ3n) is 10.6. The number of hydrogen-bond acceptors (Lipinski definition) is 2. The molecule has 2 heterocycles. The summed E-state index contributed by atoms with van der Waals surface area (Å²) in [7, 11) is 0. The van der Waals surface area contributed by atoms with Crippen LogP contribution in [0.2, 0.25) is 0 Å². The van der Waals surface area contributed by atoms with Gasteiger partial charge < -0.3 is 13.9 Å². The number of furan rings is 1. The monoisotopic (exact) mass is 630 g/mol. The summed E-state index contributed by atoms with van der Waals surface area (Å²) in [5.74, 6) is 0. The van der Waals surface area contributed by atoms with Crippen LogP contribution in [0.5, 0.6) is 0 Å². The second-order valence-corrected chi connectivity index (χ2v) is 13.8.